The molecule has 0 aliphatic heterocycles. The van der Waals surface area contributed by atoms with Crippen molar-refractivity contribution in [3.8, 4) is 0 Å². The van der Waals surface area contributed by atoms with Crippen molar-refractivity contribution >= 4 is 21.8 Å². The fourth-order valence-corrected chi connectivity index (χ4v) is 2.44. The van der Waals surface area contributed by atoms with E-state index in [4.69, 9.17) is 4.74 Å². The summed E-state index contributed by atoms with van der Waals surface area (Å²) in [6.07, 6.45) is 2.17. The second kappa shape index (κ2) is 5.85. The van der Waals surface area contributed by atoms with Crippen LogP contribution in [0.25, 0.3) is 0 Å². The van der Waals surface area contributed by atoms with Crippen molar-refractivity contribution in [1.29, 1.82) is 0 Å². The molecule has 98 valence electrons. The minimum absolute atomic E-state index is 0.00403. The number of aryl methyl sites for hydroxylation is 1. The molecule has 0 radical (unpaired) electrons. The zero-order valence-corrected chi connectivity index (χ0v) is 12.3. The standard InChI is InChI=1S/C14H18BrNO2/c1-3-18-12-7-11(8-12)16-14(17)10-5-4-9(2)13(15)6-10/h4-6,11-12H,3,7-8H2,1-2H3,(H,16,17). The summed E-state index contributed by atoms with van der Waals surface area (Å²) < 4.78 is 6.44. The van der Waals surface area contributed by atoms with Gasteiger partial charge in [0.25, 0.3) is 5.91 Å². The number of rotatable bonds is 4. The Morgan fingerprint density at radius 1 is 1.50 bits per heavy atom. The summed E-state index contributed by atoms with van der Waals surface area (Å²) in [6.45, 7) is 4.75. The first-order chi connectivity index (χ1) is 8.60. The van der Waals surface area contributed by atoms with E-state index in [0.29, 0.717) is 11.7 Å². The van der Waals surface area contributed by atoms with Gasteiger partial charge in [0.05, 0.1) is 6.10 Å². The van der Waals surface area contributed by atoms with E-state index in [1.807, 2.05) is 32.0 Å². The molecule has 0 spiro atoms. The first-order valence-corrected chi connectivity index (χ1v) is 7.08. The summed E-state index contributed by atoms with van der Waals surface area (Å²) in [5, 5.41) is 3.03. The van der Waals surface area contributed by atoms with E-state index in [9.17, 15) is 4.79 Å². The van der Waals surface area contributed by atoms with Gasteiger partial charge in [0.1, 0.15) is 0 Å². The predicted octanol–water partition coefficient (Wildman–Crippen LogP) is 3.05. The van der Waals surface area contributed by atoms with Crippen molar-refractivity contribution in [2.45, 2.75) is 38.8 Å². The molecule has 2 rings (SSSR count). The summed E-state index contributed by atoms with van der Waals surface area (Å²) >= 11 is 3.44. The molecule has 0 aromatic heterocycles. The van der Waals surface area contributed by atoms with Crippen LogP contribution < -0.4 is 5.32 Å². The molecule has 0 heterocycles. The van der Waals surface area contributed by atoms with Crippen molar-refractivity contribution in [2.24, 2.45) is 0 Å². The second-order valence-electron chi connectivity index (χ2n) is 4.68. The van der Waals surface area contributed by atoms with Gasteiger partial charge in [-0.15, -0.1) is 0 Å². The Morgan fingerprint density at radius 3 is 2.83 bits per heavy atom. The smallest absolute Gasteiger partial charge is 0.251 e. The van der Waals surface area contributed by atoms with E-state index in [1.54, 1.807) is 0 Å². The molecule has 1 N–H and O–H groups in total. The molecule has 1 fully saturated rings. The van der Waals surface area contributed by atoms with Gasteiger partial charge in [-0.2, -0.15) is 0 Å². The number of nitrogens with one attached hydrogen (secondary N) is 1. The van der Waals surface area contributed by atoms with Crippen LogP contribution in [0.3, 0.4) is 0 Å². The molecule has 1 amide bonds. The molecule has 0 atom stereocenters. The van der Waals surface area contributed by atoms with Crippen LogP contribution in [0.1, 0.15) is 35.7 Å². The van der Waals surface area contributed by atoms with Gasteiger partial charge >= 0.3 is 0 Å². The third kappa shape index (κ3) is 3.12. The predicted molar refractivity (Wildman–Crippen MR) is 74.8 cm³/mol. The van der Waals surface area contributed by atoms with Crippen LogP contribution in [-0.2, 0) is 4.74 Å². The lowest BCUT2D eigenvalue weighted by molar-refractivity contribution is -0.00862. The molecule has 1 aromatic carbocycles. The maximum absolute atomic E-state index is 12.0. The van der Waals surface area contributed by atoms with Crippen LogP contribution in [0.2, 0.25) is 0 Å². The lowest BCUT2D eigenvalue weighted by Crippen LogP contribution is -2.47. The first-order valence-electron chi connectivity index (χ1n) is 6.28. The van der Waals surface area contributed by atoms with Crippen LogP contribution in [-0.4, -0.2) is 24.7 Å². The Kier molecular flexibility index (Phi) is 4.40. The number of carbonyl (C=O) groups excluding carboxylic acids is 1. The molecular formula is C14H18BrNO2. The lowest BCUT2D eigenvalue weighted by Gasteiger charge is -2.35. The normalized spacial score (nSPS) is 22.4. The number of carbonyl (C=O) groups is 1. The quantitative estimate of drug-likeness (QED) is 0.928. The van der Waals surface area contributed by atoms with E-state index in [0.717, 1.165) is 29.5 Å². The van der Waals surface area contributed by atoms with E-state index in [-0.39, 0.29) is 11.9 Å². The fraction of sp³-hybridized carbons (Fsp3) is 0.500. The summed E-state index contributed by atoms with van der Waals surface area (Å²) in [5.41, 5.74) is 1.83. The number of hydrogen-bond acceptors (Lipinski definition) is 2. The highest BCUT2D eigenvalue weighted by Gasteiger charge is 2.30. The molecule has 1 aromatic rings. The summed E-state index contributed by atoms with van der Waals surface area (Å²) in [5.74, 6) is -0.00403. The molecule has 4 heteroatoms. The van der Waals surface area contributed by atoms with E-state index in [2.05, 4.69) is 21.2 Å². The largest absolute Gasteiger partial charge is 0.378 e. The molecule has 1 aliphatic carbocycles. The SMILES string of the molecule is CCOC1CC(NC(=O)c2ccc(C)c(Br)c2)C1. The molecule has 3 nitrogen and oxygen atoms in total. The van der Waals surface area contributed by atoms with Gasteiger partial charge < -0.3 is 10.1 Å². The number of ether oxygens (including phenoxy) is 1. The van der Waals surface area contributed by atoms with Gasteiger partial charge in [-0.05, 0) is 44.4 Å². The maximum Gasteiger partial charge on any atom is 0.251 e. The van der Waals surface area contributed by atoms with Crippen LogP contribution in [0.15, 0.2) is 22.7 Å². The van der Waals surface area contributed by atoms with Gasteiger partial charge in [-0.1, -0.05) is 22.0 Å². The summed E-state index contributed by atoms with van der Waals surface area (Å²) in [6, 6.07) is 5.93. The number of benzene rings is 1. The van der Waals surface area contributed by atoms with Gasteiger partial charge in [0.15, 0.2) is 0 Å². The van der Waals surface area contributed by atoms with E-state index in [1.165, 1.54) is 0 Å². The van der Waals surface area contributed by atoms with Crippen molar-refractivity contribution < 1.29 is 9.53 Å². The molecular weight excluding hydrogens is 294 g/mol. The fourth-order valence-electron chi connectivity index (χ4n) is 2.06. The van der Waals surface area contributed by atoms with Crippen molar-refractivity contribution in [1.82, 2.24) is 5.32 Å². The lowest BCUT2D eigenvalue weighted by atomic mass is 9.89. The third-order valence-corrected chi connectivity index (χ3v) is 4.12. The topological polar surface area (TPSA) is 38.3 Å². The van der Waals surface area contributed by atoms with E-state index < -0.39 is 0 Å². The Morgan fingerprint density at radius 2 is 2.22 bits per heavy atom. The molecule has 0 saturated heterocycles. The molecule has 18 heavy (non-hydrogen) atoms. The van der Waals surface area contributed by atoms with Gasteiger partial charge in [-0.3, -0.25) is 4.79 Å². The number of hydrogen-bond donors (Lipinski definition) is 1. The minimum atomic E-state index is -0.00403. The Hall–Kier alpha value is -0.870. The van der Waals surface area contributed by atoms with Gasteiger partial charge in [-0.25, -0.2) is 0 Å². The first kappa shape index (κ1) is 13.6. The van der Waals surface area contributed by atoms with E-state index >= 15 is 0 Å². The van der Waals surface area contributed by atoms with Crippen LogP contribution in [0, 0.1) is 6.92 Å². The Labute approximate surface area is 116 Å². The monoisotopic (exact) mass is 311 g/mol. The van der Waals surface area contributed by atoms with Crippen LogP contribution in [0.4, 0.5) is 0 Å². The zero-order valence-electron chi connectivity index (χ0n) is 10.7. The van der Waals surface area contributed by atoms with Crippen LogP contribution >= 0.6 is 15.9 Å². The summed E-state index contributed by atoms with van der Waals surface area (Å²) in [4.78, 5) is 12.0. The Bertz CT molecular complexity index is 441. The van der Waals surface area contributed by atoms with Crippen molar-refractivity contribution in [3.63, 3.8) is 0 Å². The highest BCUT2D eigenvalue weighted by molar-refractivity contribution is 9.10. The summed E-state index contributed by atoms with van der Waals surface area (Å²) in [7, 11) is 0. The number of halogens is 1. The van der Waals surface area contributed by atoms with Crippen molar-refractivity contribution in [2.75, 3.05) is 6.61 Å². The molecule has 1 aliphatic rings. The Balaban J connectivity index is 1.87. The van der Waals surface area contributed by atoms with Gasteiger partial charge in [0.2, 0.25) is 0 Å². The van der Waals surface area contributed by atoms with Crippen LogP contribution in [0.5, 0.6) is 0 Å². The minimum Gasteiger partial charge on any atom is -0.378 e. The molecule has 0 bridgehead atoms. The van der Waals surface area contributed by atoms with Crippen molar-refractivity contribution in [3.05, 3.63) is 33.8 Å². The average molecular weight is 312 g/mol. The third-order valence-electron chi connectivity index (χ3n) is 3.27. The van der Waals surface area contributed by atoms with Gasteiger partial charge in [0, 0.05) is 22.7 Å². The average Bonchev–Trinajstić information content (AvgIpc) is 2.30. The number of amides is 1. The molecule has 0 unspecified atom stereocenters. The zero-order chi connectivity index (χ0) is 13.1. The highest BCUT2D eigenvalue weighted by Crippen LogP contribution is 2.24. The molecule has 1 saturated carbocycles. The highest BCUT2D eigenvalue weighted by atomic mass is 79.9. The second-order valence-corrected chi connectivity index (χ2v) is 5.54. The maximum atomic E-state index is 12.0.